The number of alkyl halides is 3. The Morgan fingerprint density at radius 3 is 2.31 bits per heavy atom. The number of hydrogen-bond acceptors (Lipinski definition) is 8. The molecular formula is C31H25F4N3O6S. The molecule has 0 amide bonds. The fourth-order valence-electron chi connectivity index (χ4n) is 5.22. The average molecular weight is 644 g/mol. The van der Waals surface area contributed by atoms with Gasteiger partial charge >= 0.3 is 6.18 Å². The summed E-state index contributed by atoms with van der Waals surface area (Å²) in [5.41, 5.74) is 0.332. The van der Waals surface area contributed by atoms with Crippen molar-refractivity contribution in [3.05, 3.63) is 83.5 Å². The molecule has 0 spiro atoms. The Morgan fingerprint density at radius 2 is 1.64 bits per heavy atom. The molecule has 2 aromatic heterocycles. The molecule has 45 heavy (non-hydrogen) atoms. The van der Waals surface area contributed by atoms with E-state index in [0.717, 1.165) is 18.5 Å². The Bertz CT molecular complexity index is 2070. The van der Waals surface area contributed by atoms with Gasteiger partial charge in [0.2, 0.25) is 0 Å². The Kier molecular flexibility index (Phi) is 7.44. The van der Waals surface area contributed by atoms with E-state index >= 15 is 4.39 Å². The second kappa shape index (κ2) is 11.0. The third-order valence-electron chi connectivity index (χ3n) is 7.27. The van der Waals surface area contributed by atoms with Crippen molar-refractivity contribution in [2.24, 2.45) is 0 Å². The van der Waals surface area contributed by atoms with Crippen LogP contribution in [0.3, 0.4) is 0 Å². The molecule has 1 aliphatic heterocycles. The van der Waals surface area contributed by atoms with Gasteiger partial charge in [-0.05, 0) is 60.5 Å². The first-order valence-corrected chi connectivity index (χ1v) is 15.4. The van der Waals surface area contributed by atoms with Crippen LogP contribution in [0.15, 0.2) is 64.0 Å². The summed E-state index contributed by atoms with van der Waals surface area (Å²) >= 11 is 0. The van der Waals surface area contributed by atoms with Crippen LogP contribution in [0.5, 0.6) is 11.5 Å². The van der Waals surface area contributed by atoms with Crippen molar-refractivity contribution >= 4 is 9.84 Å². The molecule has 1 N–H and O–H groups in total. The number of imidazole rings is 1. The van der Waals surface area contributed by atoms with Crippen molar-refractivity contribution in [3.8, 4) is 50.9 Å². The summed E-state index contributed by atoms with van der Waals surface area (Å²) in [6.07, 6.45) is -2.94. The number of aromatic nitrogens is 3. The van der Waals surface area contributed by atoms with Crippen LogP contribution in [0.1, 0.15) is 23.0 Å². The topological polar surface area (TPSA) is 117 Å². The zero-order valence-corrected chi connectivity index (χ0v) is 24.9. The molecule has 9 nitrogen and oxygen atoms in total. The number of ether oxygens (including phenoxy) is 2. The van der Waals surface area contributed by atoms with Crippen LogP contribution in [0.25, 0.3) is 39.4 Å². The number of nitrogens with zero attached hydrogens (tertiary/aromatic N) is 3. The normalized spacial score (nSPS) is 13.3. The number of benzene rings is 3. The van der Waals surface area contributed by atoms with E-state index in [1.807, 2.05) is 0 Å². The van der Waals surface area contributed by atoms with Crippen molar-refractivity contribution in [1.82, 2.24) is 14.5 Å². The number of rotatable bonds is 6. The molecule has 6 rings (SSSR count). The van der Waals surface area contributed by atoms with Gasteiger partial charge in [-0.2, -0.15) is 13.2 Å². The Morgan fingerprint density at radius 1 is 0.933 bits per heavy atom. The first-order chi connectivity index (χ1) is 21.2. The minimum atomic E-state index is -4.70. The van der Waals surface area contributed by atoms with Gasteiger partial charge in [0, 0.05) is 36.1 Å². The number of halogens is 4. The lowest BCUT2D eigenvalue weighted by Gasteiger charge is -2.19. The maximum atomic E-state index is 15.1. The largest absolute Gasteiger partial charge is 0.486 e. The molecule has 3 heterocycles. The van der Waals surface area contributed by atoms with Crippen LogP contribution in [-0.2, 0) is 22.6 Å². The SMILES string of the molecule is Cc1nc(-c2cc(-c3cc(F)c(CO)c(S(C)(=O)=O)c3)ccc2-n2cc(C(F)(F)F)nc2C)c(-c2ccc3c(c2)OCCO3)o1. The molecule has 3 aromatic carbocycles. The third-order valence-corrected chi connectivity index (χ3v) is 8.43. The highest BCUT2D eigenvalue weighted by Gasteiger charge is 2.35. The lowest BCUT2D eigenvalue weighted by molar-refractivity contribution is -0.141. The number of sulfone groups is 1. The van der Waals surface area contributed by atoms with Gasteiger partial charge in [-0.25, -0.2) is 22.8 Å². The Balaban J connectivity index is 1.60. The first-order valence-electron chi connectivity index (χ1n) is 13.5. The number of aryl methyl sites for hydroxylation is 2. The van der Waals surface area contributed by atoms with Crippen LogP contribution < -0.4 is 9.47 Å². The molecular weight excluding hydrogens is 618 g/mol. The second-order valence-electron chi connectivity index (χ2n) is 10.4. The van der Waals surface area contributed by atoms with Crippen LogP contribution >= 0.6 is 0 Å². The van der Waals surface area contributed by atoms with E-state index < -0.39 is 34.1 Å². The van der Waals surface area contributed by atoms with E-state index in [1.54, 1.807) is 31.2 Å². The molecule has 0 saturated heterocycles. The summed E-state index contributed by atoms with van der Waals surface area (Å²) < 4.78 is 99.6. The average Bonchev–Trinajstić information content (AvgIpc) is 3.58. The fourth-order valence-corrected chi connectivity index (χ4v) is 6.17. The summed E-state index contributed by atoms with van der Waals surface area (Å²) in [5.74, 6) is 0.637. The summed E-state index contributed by atoms with van der Waals surface area (Å²) in [7, 11) is -3.94. The van der Waals surface area contributed by atoms with Crippen LogP contribution in [0.2, 0.25) is 0 Å². The van der Waals surface area contributed by atoms with Gasteiger partial charge in [-0.3, -0.25) is 0 Å². The first kappa shape index (κ1) is 30.3. The highest BCUT2D eigenvalue weighted by Crippen LogP contribution is 2.42. The molecule has 0 bridgehead atoms. The van der Waals surface area contributed by atoms with E-state index in [0.29, 0.717) is 35.8 Å². The highest BCUT2D eigenvalue weighted by molar-refractivity contribution is 7.90. The van der Waals surface area contributed by atoms with E-state index in [2.05, 4.69) is 9.97 Å². The van der Waals surface area contributed by atoms with Crippen molar-refractivity contribution in [2.45, 2.75) is 31.5 Å². The van der Waals surface area contributed by atoms with Crippen molar-refractivity contribution in [1.29, 1.82) is 0 Å². The van der Waals surface area contributed by atoms with Gasteiger partial charge in [-0.1, -0.05) is 6.07 Å². The van der Waals surface area contributed by atoms with E-state index in [9.17, 15) is 26.7 Å². The predicted octanol–water partition coefficient (Wildman–Crippen LogP) is 6.30. The van der Waals surface area contributed by atoms with Gasteiger partial charge in [0.15, 0.2) is 38.7 Å². The summed E-state index contributed by atoms with van der Waals surface area (Å²) in [4.78, 5) is 7.89. The summed E-state index contributed by atoms with van der Waals surface area (Å²) in [6.45, 7) is 2.93. The minimum absolute atomic E-state index is 0.0372. The summed E-state index contributed by atoms with van der Waals surface area (Å²) in [6, 6.07) is 12.0. The standard InChI is InChI=1S/C31H25F4N3O6S/c1-16-36-28(31(33,34)35)14-38(16)24-6-4-18(20-11-23(32)22(15-39)27(13-20)45(3,40)41)10-21(24)29-30(44-17(2)37-29)19-5-7-25-26(12-19)43-9-8-42-25/h4-7,10-14,39H,8-9,15H2,1-3H3. The lowest BCUT2D eigenvalue weighted by Crippen LogP contribution is -2.15. The molecule has 234 valence electrons. The summed E-state index contributed by atoms with van der Waals surface area (Å²) in [5, 5.41) is 9.65. The third kappa shape index (κ3) is 5.66. The van der Waals surface area contributed by atoms with Gasteiger partial charge in [-0.15, -0.1) is 0 Å². The molecule has 1 aliphatic rings. The van der Waals surface area contributed by atoms with Crippen LogP contribution in [0, 0.1) is 19.7 Å². The number of aliphatic hydroxyl groups is 1. The molecule has 0 saturated carbocycles. The minimum Gasteiger partial charge on any atom is -0.486 e. The highest BCUT2D eigenvalue weighted by atomic mass is 32.2. The van der Waals surface area contributed by atoms with Crippen molar-refractivity contribution < 1.29 is 45.0 Å². The Labute approximate surface area is 254 Å². The molecule has 0 unspecified atom stereocenters. The van der Waals surface area contributed by atoms with Crippen molar-refractivity contribution in [2.75, 3.05) is 19.5 Å². The monoisotopic (exact) mass is 643 g/mol. The number of oxazole rings is 1. The molecule has 0 aliphatic carbocycles. The predicted molar refractivity (Wildman–Crippen MR) is 154 cm³/mol. The van der Waals surface area contributed by atoms with Gasteiger partial charge in [0.25, 0.3) is 0 Å². The van der Waals surface area contributed by atoms with Gasteiger partial charge in [0.05, 0.1) is 17.2 Å². The maximum absolute atomic E-state index is 15.1. The Hall–Kier alpha value is -4.69. The smallest absolute Gasteiger partial charge is 0.434 e. The molecule has 0 radical (unpaired) electrons. The zero-order valence-electron chi connectivity index (χ0n) is 24.1. The molecule has 5 aromatic rings. The van der Waals surface area contributed by atoms with E-state index in [1.165, 1.54) is 29.7 Å². The quantitative estimate of drug-likeness (QED) is 0.214. The van der Waals surface area contributed by atoms with Crippen LogP contribution in [0.4, 0.5) is 17.6 Å². The molecule has 14 heteroatoms. The van der Waals surface area contributed by atoms with Crippen LogP contribution in [-0.4, -0.2) is 47.5 Å². The second-order valence-corrected chi connectivity index (χ2v) is 12.4. The zero-order chi connectivity index (χ0) is 32.3. The number of aliphatic hydroxyl groups excluding tert-OH is 1. The molecule has 0 fully saturated rings. The lowest BCUT2D eigenvalue weighted by atomic mass is 9.97. The van der Waals surface area contributed by atoms with E-state index in [4.69, 9.17) is 13.9 Å². The van der Waals surface area contributed by atoms with Crippen molar-refractivity contribution in [3.63, 3.8) is 0 Å². The number of hydrogen-bond donors (Lipinski definition) is 1. The maximum Gasteiger partial charge on any atom is 0.434 e. The van der Waals surface area contributed by atoms with E-state index in [-0.39, 0.29) is 50.4 Å². The molecule has 0 atom stereocenters. The van der Waals surface area contributed by atoms with Gasteiger partial charge in [0.1, 0.15) is 30.5 Å². The fraction of sp³-hybridized carbons (Fsp3) is 0.226. The van der Waals surface area contributed by atoms with Gasteiger partial charge < -0.3 is 23.6 Å². The number of fused-ring (bicyclic) bond motifs is 1.